The molecule has 224 valence electrons. The predicted octanol–water partition coefficient (Wildman–Crippen LogP) is -2.03. The van der Waals surface area contributed by atoms with Crippen molar-refractivity contribution in [3.05, 3.63) is 86.5 Å². The molecule has 5 N–H and O–H groups in total. The van der Waals surface area contributed by atoms with Crippen LogP contribution in [-0.4, -0.2) is 102 Å². The van der Waals surface area contributed by atoms with Gasteiger partial charge in [-0.2, -0.15) is 0 Å². The topological polar surface area (TPSA) is 286 Å². The number of sulfonamides is 2. The van der Waals surface area contributed by atoms with Crippen molar-refractivity contribution < 1.29 is 121 Å². The summed E-state index contributed by atoms with van der Waals surface area (Å²) in [5, 5.41) is 35.6. The van der Waals surface area contributed by atoms with Gasteiger partial charge in [0, 0.05) is 4.90 Å². The molecule has 0 fully saturated rings. The summed E-state index contributed by atoms with van der Waals surface area (Å²) in [7, 11) is -14.4. The van der Waals surface area contributed by atoms with Crippen LogP contribution in [0.15, 0.2) is 69.3 Å². The van der Waals surface area contributed by atoms with E-state index in [0.717, 1.165) is 23.8 Å². The molecule has 0 aromatic heterocycles. The molecule has 0 unspecified atom stereocenters. The molecular weight excluding hydrogens is 689 g/mol. The van der Waals surface area contributed by atoms with Gasteiger partial charge in [0.25, 0.3) is 0 Å². The summed E-state index contributed by atoms with van der Waals surface area (Å²) in [4.78, 5) is 41.5. The van der Waals surface area contributed by atoms with E-state index in [-0.39, 0.29) is 56.3 Å². The van der Waals surface area contributed by atoms with Crippen molar-refractivity contribution in [2.24, 2.45) is 0 Å². The summed E-state index contributed by atoms with van der Waals surface area (Å²) in [6.07, 6.45) is 0. The number of rotatable bonds is 9. The number of carbonyl (C=O) groups is 4. The van der Waals surface area contributed by atoms with Crippen LogP contribution in [0, 0.1) is 6.92 Å². The smallest absolute Gasteiger partial charge is 1.00 e. The molecule has 0 aliphatic rings. The van der Waals surface area contributed by atoms with Crippen molar-refractivity contribution in [3.63, 3.8) is 0 Å². The Morgan fingerprint density at radius 2 is 1.02 bits per heavy atom. The van der Waals surface area contributed by atoms with Crippen molar-refractivity contribution in [2.75, 3.05) is 0 Å². The van der Waals surface area contributed by atoms with Crippen LogP contribution in [0.3, 0.4) is 0 Å². The van der Waals surface area contributed by atoms with Crippen molar-refractivity contribution in [3.8, 4) is 0 Å². The standard InChI is InChI=1S/C15H12NO8S2.C8H5O7S.K.Na/c1-9-2-4-12(5-3-9)25(21,22)16-26(23,24)13-7-10(14(17)18)6-11(8-13)15(19)20;9-7(10)4-2-1-3-5(8(11)12)6(4)16(13,14)15;;/h2-8H,1H3,(H,17,18)(H,19,20);2-3H,(H,9,10)(H,11,12)(H,13,14,15);;/q-1;;+1;. The summed E-state index contributed by atoms with van der Waals surface area (Å²) in [6, 6.07) is 9.31. The van der Waals surface area contributed by atoms with E-state index in [1.807, 2.05) is 0 Å². The molecule has 0 aliphatic heterocycles. The fourth-order valence-corrected chi connectivity index (χ4v) is 7.47. The Kier molecular flexibility index (Phi) is 14.1. The van der Waals surface area contributed by atoms with Gasteiger partial charge in [0.05, 0.1) is 16.0 Å². The molecule has 3 rings (SSSR count). The molecule has 0 saturated carbocycles. The van der Waals surface area contributed by atoms with Crippen molar-refractivity contribution in [1.82, 2.24) is 0 Å². The number of aromatic carboxylic acids is 4. The molecule has 21 heteroatoms. The maximum atomic E-state index is 12.3. The van der Waals surface area contributed by atoms with E-state index in [1.54, 1.807) is 6.92 Å². The molecule has 44 heavy (non-hydrogen) atoms. The predicted molar refractivity (Wildman–Crippen MR) is 145 cm³/mol. The molecule has 0 saturated heterocycles. The quantitative estimate of drug-likeness (QED) is 0.119. The third-order valence-corrected chi connectivity index (χ3v) is 9.97. The van der Waals surface area contributed by atoms with Crippen LogP contribution in [0.25, 0.3) is 4.13 Å². The molecule has 3 aromatic carbocycles. The number of hydrogen-bond donors (Lipinski definition) is 5. The molecule has 3 aromatic rings. The van der Waals surface area contributed by atoms with Crippen LogP contribution in [-0.2, 0) is 30.2 Å². The van der Waals surface area contributed by atoms with Gasteiger partial charge in [-0.25, -0.2) is 26.4 Å². The number of carboxylic acid groups (broad SMARTS) is 4. The van der Waals surface area contributed by atoms with Crippen molar-refractivity contribution >= 4 is 84.8 Å². The van der Waals surface area contributed by atoms with E-state index in [9.17, 15) is 44.4 Å². The molecule has 16 nitrogen and oxygen atoms in total. The second-order valence-electron chi connectivity index (χ2n) is 8.47. The minimum atomic E-state index is -4.92. The zero-order valence-electron chi connectivity index (χ0n) is 22.7. The summed E-state index contributed by atoms with van der Waals surface area (Å²) in [5.74, 6) is -6.38. The molecule has 0 amide bonds. The second-order valence-corrected chi connectivity index (χ2v) is 14.4. The van der Waals surface area contributed by atoms with Crippen LogP contribution < -0.4 is 54.2 Å². The average molecular weight is 706 g/mol. The monoisotopic (exact) mass is 705 g/mol. The maximum Gasteiger partial charge on any atom is 1.00 e. The van der Waals surface area contributed by atoms with E-state index >= 15 is 0 Å². The Hall–Kier alpha value is -2.05. The third-order valence-electron chi connectivity index (χ3n) is 5.17. The van der Waals surface area contributed by atoms with Crippen LogP contribution >= 0.6 is 0 Å². The first-order chi connectivity index (χ1) is 19.6. The first-order valence-electron chi connectivity index (χ1n) is 11.1. The normalized spacial score (nSPS) is 11.4. The van der Waals surface area contributed by atoms with Gasteiger partial charge in [0.2, 0.25) is 0 Å². The summed E-state index contributed by atoms with van der Waals surface area (Å²) >= 11 is 0.344. The van der Waals surface area contributed by atoms with Gasteiger partial charge in [0.1, 0.15) is 20.0 Å². The largest absolute Gasteiger partial charge is 1.00 e. The number of carboxylic acids is 4. The van der Waals surface area contributed by atoms with Crippen LogP contribution in [0.1, 0.15) is 47.0 Å². The summed E-state index contributed by atoms with van der Waals surface area (Å²) < 4.78 is 83.2. The zero-order valence-corrected chi connectivity index (χ0v) is 30.3. The zero-order chi connectivity index (χ0) is 33.1. The molecule has 0 aliphatic carbocycles. The number of aryl methyl sites for hydroxylation is 1. The molecule has 0 atom stereocenters. The molecule has 0 spiro atoms. The number of nitrogens with zero attached hydrogens (tertiary/aromatic N) is 1. The third kappa shape index (κ3) is 10.5. The Morgan fingerprint density at radius 3 is 1.36 bits per heavy atom. The minimum absolute atomic E-state index is 0. The summed E-state index contributed by atoms with van der Waals surface area (Å²) in [6.45, 7) is 1.70. The minimum Gasteiger partial charge on any atom is 1.00 e. The Morgan fingerprint density at radius 1 is 0.636 bits per heavy atom. The van der Waals surface area contributed by atoms with Crippen molar-refractivity contribution in [2.45, 2.75) is 21.6 Å². The van der Waals surface area contributed by atoms with Gasteiger partial charge < -0.3 is 14.3 Å². The van der Waals surface area contributed by atoms with E-state index in [0.29, 0.717) is 42.9 Å². The summed E-state index contributed by atoms with van der Waals surface area (Å²) in [5.41, 5.74) is -2.00. The Labute approximate surface area is 309 Å². The van der Waals surface area contributed by atoms with Gasteiger partial charge in [0.15, 0.2) is 0 Å². The van der Waals surface area contributed by atoms with E-state index in [4.69, 9.17) is 25.0 Å². The first kappa shape index (κ1) is 40.0. The van der Waals surface area contributed by atoms with Crippen LogP contribution in [0.4, 0.5) is 0 Å². The van der Waals surface area contributed by atoms with Gasteiger partial charge in [-0.1, -0.05) is 17.7 Å². The van der Waals surface area contributed by atoms with Crippen LogP contribution in [0.5, 0.6) is 0 Å². The fraction of sp³-hybridized carbons (Fsp3) is 0.0435. The SMILES string of the molecule is Cc1ccc(S(=O)(=O)[N-]S(=O)(=O)c2cc(C(=O)O)cc(C(=O)O)c2)cc1.O=C(O)c1c[c]([Na])cc(C(=O)O)c1S(=O)(=O)O.[K+]. The molecule has 0 radical (unpaired) electrons. The Bertz CT molecular complexity index is 1910. The number of hydrogen-bond acceptors (Lipinski definition) is 10. The van der Waals surface area contributed by atoms with Gasteiger partial charge in [-0.15, -0.1) is 0 Å². The van der Waals surface area contributed by atoms with E-state index in [1.165, 1.54) is 24.3 Å². The molecule has 0 bridgehead atoms. The fourth-order valence-electron chi connectivity index (χ4n) is 3.29. The van der Waals surface area contributed by atoms with Gasteiger partial charge in [-0.05, 0) is 37.3 Å². The molecule has 0 heterocycles. The first-order valence-corrected chi connectivity index (χ1v) is 16.4. The molecular formula is C23H17KNNaO15S3. The Balaban J connectivity index is 0.000000469. The van der Waals surface area contributed by atoms with Crippen molar-refractivity contribution in [1.29, 1.82) is 0 Å². The van der Waals surface area contributed by atoms with Gasteiger partial charge >= 0.3 is 177 Å². The van der Waals surface area contributed by atoms with Gasteiger partial charge in [-0.3, -0.25) is 0 Å². The van der Waals surface area contributed by atoms with E-state index < -0.39 is 86.1 Å². The maximum absolute atomic E-state index is 12.3. The second kappa shape index (κ2) is 15.5. The van der Waals surface area contributed by atoms with E-state index in [2.05, 4.69) is 4.13 Å². The number of benzene rings is 3. The average Bonchev–Trinajstić information content (AvgIpc) is 2.87. The van der Waals surface area contributed by atoms with Crippen LogP contribution in [0.2, 0.25) is 0 Å².